The highest BCUT2D eigenvalue weighted by Gasteiger charge is 2.09. The van der Waals surface area contributed by atoms with Crippen LogP contribution >= 0.6 is 36.2 Å². The summed E-state index contributed by atoms with van der Waals surface area (Å²) in [6.07, 6.45) is 2.99. The summed E-state index contributed by atoms with van der Waals surface area (Å²) in [6.45, 7) is 7.19. The van der Waals surface area contributed by atoms with Gasteiger partial charge in [-0.3, -0.25) is 4.79 Å². The molecule has 27 heavy (non-hydrogen) atoms. The number of piperazine rings is 1. The van der Waals surface area contributed by atoms with Crippen molar-refractivity contribution in [2.45, 2.75) is 26.2 Å². The number of carbonyl (C=O) groups is 1. The van der Waals surface area contributed by atoms with Crippen LogP contribution in [0.5, 0.6) is 0 Å². The van der Waals surface area contributed by atoms with Crippen LogP contribution in [-0.2, 0) is 24.1 Å². The van der Waals surface area contributed by atoms with Gasteiger partial charge in [-0.15, -0.1) is 36.2 Å². The summed E-state index contributed by atoms with van der Waals surface area (Å²) in [4.78, 5) is 18.0. The van der Waals surface area contributed by atoms with Gasteiger partial charge < -0.3 is 15.5 Å². The van der Waals surface area contributed by atoms with Crippen LogP contribution in [-0.4, -0.2) is 48.5 Å². The lowest BCUT2D eigenvalue weighted by Crippen LogP contribution is -2.44. The number of hydrogen-bond acceptors (Lipinski definition) is 5. The third kappa shape index (κ3) is 8.15. The minimum absolute atomic E-state index is 0. The molecule has 5 nitrogen and oxygen atoms in total. The van der Waals surface area contributed by atoms with Crippen LogP contribution in [0.1, 0.15) is 23.7 Å². The van der Waals surface area contributed by atoms with Crippen LogP contribution in [0, 0.1) is 0 Å². The smallest absolute Gasteiger partial charge is 0.223 e. The molecule has 150 valence electrons. The van der Waals surface area contributed by atoms with Crippen LogP contribution in [0.25, 0.3) is 0 Å². The van der Waals surface area contributed by atoms with Crippen molar-refractivity contribution < 1.29 is 4.79 Å². The van der Waals surface area contributed by atoms with Crippen LogP contribution in [0.2, 0.25) is 0 Å². The van der Waals surface area contributed by atoms with Gasteiger partial charge in [-0.2, -0.15) is 0 Å². The van der Waals surface area contributed by atoms with Crippen molar-refractivity contribution in [3.05, 3.63) is 46.5 Å². The molecule has 0 aliphatic carbocycles. The van der Waals surface area contributed by atoms with Crippen molar-refractivity contribution in [2.75, 3.05) is 38.0 Å². The zero-order chi connectivity index (χ0) is 17.5. The summed E-state index contributed by atoms with van der Waals surface area (Å²) >= 11 is 1.48. The Hall–Kier alpha value is -1.18. The maximum absolute atomic E-state index is 11.0. The molecule has 2 N–H and O–H groups in total. The van der Waals surface area contributed by atoms with Gasteiger partial charge in [-0.25, -0.2) is 4.98 Å². The highest BCUT2D eigenvalue weighted by atomic mass is 35.5. The van der Waals surface area contributed by atoms with E-state index in [0.29, 0.717) is 5.13 Å². The molecule has 1 aromatic carbocycles. The van der Waals surface area contributed by atoms with E-state index in [4.69, 9.17) is 0 Å². The van der Waals surface area contributed by atoms with E-state index in [9.17, 15) is 4.79 Å². The average Bonchev–Trinajstić information content (AvgIpc) is 3.06. The molecule has 0 atom stereocenters. The zero-order valence-electron chi connectivity index (χ0n) is 15.6. The molecule has 1 amide bonds. The van der Waals surface area contributed by atoms with Crippen molar-refractivity contribution in [1.82, 2.24) is 15.2 Å². The summed E-state index contributed by atoms with van der Waals surface area (Å²) in [5.41, 5.74) is 3.78. The van der Waals surface area contributed by atoms with Crippen molar-refractivity contribution >= 4 is 47.2 Å². The van der Waals surface area contributed by atoms with E-state index in [1.807, 2.05) is 5.38 Å². The monoisotopic (exact) mass is 430 g/mol. The molecule has 1 saturated heterocycles. The second kappa shape index (κ2) is 12.3. The largest absolute Gasteiger partial charge is 0.314 e. The van der Waals surface area contributed by atoms with E-state index < -0.39 is 0 Å². The van der Waals surface area contributed by atoms with Gasteiger partial charge in [0, 0.05) is 45.0 Å². The molecular weight excluding hydrogens is 403 g/mol. The molecule has 1 aliphatic heterocycles. The Kier molecular flexibility index (Phi) is 10.9. The minimum Gasteiger partial charge on any atom is -0.314 e. The summed E-state index contributed by atoms with van der Waals surface area (Å²) in [7, 11) is 0. The Labute approximate surface area is 177 Å². The molecule has 3 rings (SSSR count). The number of nitrogens with zero attached hydrogens (tertiary/aromatic N) is 2. The Morgan fingerprint density at radius 1 is 1.11 bits per heavy atom. The van der Waals surface area contributed by atoms with Gasteiger partial charge in [0.2, 0.25) is 5.91 Å². The Balaban J connectivity index is 0.00000182. The Morgan fingerprint density at radius 2 is 1.74 bits per heavy atom. The number of nitrogens with one attached hydrogen (secondary N) is 2. The Bertz CT molecular complexity index is 687. The Morgan fingerprint density at radius 3 is 2.37 bits per heavy atom. The van der Waals surface area contributed by atoms with Crippen LogP contribution in [0.3, 0.4) is 0 Å². The average molecular weight is 431 g/mol. The molecule has 2 aromatic rings. The predicted molar refractivity (Wildman–Crippen MR) is 118 cm³/mol. The van der Waals surface area contributed by atoms with Gasteiger partial charge in [0.15, 0.2) is 5.13 Å². The molecule has 8 heteroatoms. The second-order valence-corrected chi connectivity index (χ2v) is 7.34. The van der Waals surface area contributed by atoms with E-state index in [1.165, 1.54) is 29.4 Å². The van der Waals surface area contributed by atoms with Gasteiger partial charge in [0.05, 0.1) is 5.69 Å². The van der Waals surface area contributed by atoms with Crippen LogP contribution in [0.15, 0.2) is 29.6 Å². The molecule has 1 fully saturated rings. The normalized spacial score (nSPS) is 14.1. The number of carbonyl (C=O) groups excluding carboxylic acids is 1. The lowest BCUT2D eigenvalue weighted by Gasteiger charge is -2.27. The molecular formula is C19H28Cl2N4OS. The summed E-state index contributed by atoms with van der Waals surface area (Å²) in [5, 5.41) is 8.83. The number of hydrogen-bond donors (Lipinski definition) is 2. The topological polar surface area (TPSA) is 57.3 Å². The number of benzene rings is 1. The fraction of sp³-hybridized carbons (Fsp3) is 0.474. The minimum atomic E-state index is -0.0719. The van der Waals surface area contributed by atoms with Gasteiger partial charge in [-0.05, 0) is 30.4 Å². The first-order chi connectivity index (χ1) is 12.2. The maximum Gasteiger partial charge on any atom is 0.223 e. The van der Waals surface area contributed by atoms with E-state index in [1.54, 1.807) is 0 Å². The first-order valence-electron chi connectivity index (χ1n) is 8.92. The lowest BCUT2D eigenvalue weighted by molar-refractivity contribution is -0.114. The number of amides is 1. The van der Waals surface area contributed by atoms with Crippen molar-refractivity contribution in [1.29, 1.82) is 0 Å². The highest BCUT2D eigenvalue weighted by Crippen LogP contribution is 2.17. The first kappa shape index (κ1) is 23.9. The summed E-state index contributed by atoms with van der Waals surface area (Å²) < 4.78 is 0. The molecule has 0 saturated carbocycles. The second-order valence-electron chi connectivity index (χ2n) is 6.48. The van der Waals surface area contributed by atoms with E-state index in [-0.39, 0.29) is 30.7 Å². The number of anilines is 1. The highest BCUT2D eigenvalue weighted by molar-refractivity contribution is 7.13. The van der Waals surface area contributed by atoms with Crippen molar-refractivity contribution in [2.24, 2.45) is 0 Å². The molecule has 0 radical (unpaired) electrons. The number of thiazole rings is 1. The summed E-state index contributed by atoms with van der Waals surface area (Å²) in [6, 6.07) is 8.96. The molecule has 1 aliphatic rings. The summed E-state index contributed by atoms with van der Waals surface area (Å²) in [5.74, 6) is -0.0719. The van der Waals surface area contributed by atoms with Crippen molar-refractivity contribution in [3.8, 4) is 0 Å². The first-order valence-corrected chi connectivity index (χ1v) is 9.80. The fourth-order valence-electron chi connectivity index (χ4n) is 3.00. The molecule has 2 heterocycles. The third-order valence-corrected chi connectivity index (χ3v) is 5.26. The van der Waals surface area contributed by atoms with Crippen molar-refractivity contribution in [3.63, 3.8) is 0 Å². The molecule has 0 bridgehead atoms. The predicted octanol–water partition coefficient (Wildman–Crippen LogP) is 3.18. The third-order valence-electron chi connectivity index (χ3n) is 4.45. The van der Waals surface area contributed by atoms with E-state index >= 15 is 0 Å². The fourth-order valence-corrected chi connectivity index (χ4v) is 3.79. The number of halogens is 2. The van der Waals surface area contributed by atoms with E-state index in [2.05, 4.69) is 44.8 Å². The van der Waals surface area contributed by atoms with Gasteiger partial charge in [-0.1, -0.05) is 24.3 Å². The molecule has 1 aromatic heterocycles. The van der Waals surface area contributed by atoms with Crippen LogP contribution < -0.4 is 10.6 Å². The maximum atomic E-state index is 11.0. The molecule has 0 unspecified atom stereocenters. The van der Waals surface area contributed by atoms with Crippen LogP contribution in [0.4, 0.5) is 5.13 Å². The van der Waals surface area contributed by atoms with Gasteiger partial charge in [0.25, 0.3) is 0 Å². The standard InChI is InChI=1S/C19H26N4OS.2ClH/c1-15(24)21-19-22-18(14-25-19)7-6-16-2-4-17(5-3-16)8-11-23-12-9-20-10-13-23;;/h2-5,14,20H,6-13H2,1H3,(H,21,22,24);2*1H. The molecule has 0 spiro atoms. The zero-order valence-corrected chi connectivity index (χ0v) is 18.0. The number of aryl methyl sites for hydroxylation is 2. The lowest BCUT2D eigenvalue weighted by atomic mass is 10.0. The SMILES string of the molecule is CC(=O)Nc1nc(CCc2ccc(CCN3CCNCC3)cc2)cs1.Cl.Cl. The van der Waals surface area contributed by atoms with E-state index in [0.717, 1.165) is 57.7 Å². The number of aromatic nitrogens is 1. The number of rotatable bonds is 7. The quantitative estimate of drug-likeness (QED) is 0.707. The van der Waals surface area contributed by atoms with Gasteiger partial charge in [0.1, 0.15) is 0 Å². The van der Waals surface area contributed by atoms with Gasteiger partial charge >= 0.3 is 0 Å².